The first-order valence-corrected chi connectivity index (χ1v) is 13.5. The van der Waals surface area contributed by atoms with Crippen molar-refractivity contribution in [1.29, 1.82) is 5.41 Å². The monoisotopic (exact) mass is 543 g/mol. The van der Waals surface area contributed by atoms with Gasteiger partial charge in [-0.2, -0.15) is 4.99 Å². The predicted octanol–water partition coefficient (Wildman–Crippen LogP) is 4.67. The molecule has 9 nitrogen and oxygen atoms in total. The van der Waals surface area contributed by atoms with Crippen LogP contribution in [0.4, 0.5) is 0 Å². The number of amidine groups is 1. The Morgan fingerprint density at radius 3 is 2.54 bits per heavy atom. The first-order chi connectivity index (χ1) is 18.8. The van der Waals surface area contributed by atoms with Gasteiger partial charge in [0.15, 0.2) is 5.17 Å². The van der Waals surface area contributed by atoms with Crippen LogP contribution in [0.3, 0.4) is 0 Å². The lowest BCUT2D eigenvalue weighted by Gasteiger charge is -2.37. The molecule has 10 heteroatoms. The molecule has 39 heavy (non-hydrogen) atoms. The van der Waals surface area contributed by atoms with Gasteiger partial charge in [0.05, 0.1) is 29.9 Å². The molecule has 1 unspecified atom stereocenters. The predicted molar refractivity (Wildman–Crippen MR) is 152 cm³/mol. The fourth-order valence-corrected chi connectivity index (χ4v) is 5.23. The zero-order chi connectivity index (χ0) is 27.6. The molecule has 2 amide bonds. The number of fused-ring (bicyclic) bond motifs is 2. The third-order valence-corrected chi connectivity index (χ3v) is 7.50. The van der Waals surface area contributed by atoms with Crippen LogP contribution in [-0.4, -0.2) is 58.7 Å². The van der Waals surface area contributed by atoms with Crippen LogP contribution in [0.5, 0.6) is 11.5 Å². The van der Waals surface area contributed by atoms with E-state index >= 15 is 0 Å². The van der Waals surface area contributed by atoms with E-state index < -0.39 is 11.3 Å². The van der Waals surface area contributed by atoms with E-state index in [-0.39, 0.29) is 17.0 Å². The van der Waals surface area contributed by atoms with Gasteiger partial charge in [0.2, 0.25) is 0 Å². The molecule has 1 atom stereocenters. The van der Waals surface area contributed by atoms with Gasteiger partial charge in [-0.05, 0) is 30.0 Å². The largest absolute Gasteiger partial charge is 0.457 e. The smallest absolute Gasteiger partial charge is 0.254 e. The molecule has 2 aliphatic heterocycles. The average molecular weight is 544 g/mol. The number of hydrogen-bond donors (Lipinski definition) is 2. The number of nitrogens with zero attached hydrogens (tertiary/aromatic N) is 3. The number of carbonyl (C=O) groups excluding carboxylic acids is 2. The lowest BCUT2D eigenvalue weighted by molar-refractivity contribution is -0.126. The molecule has 5 rings (SSSR count). The summed E-state index contributed by atoms with van der Waals surface area (Å²) < 4.78 is 11.6. The maximum Gasteiger partial charge on any atom is 0.254 e. The maximum atomic E-state index is 13.3. The van der Waals surface area contributed by atoms with E-state index in [1.807, 2.05) is 68.4 Å². The number of para-hydroxylation sites is 1. The topological polar surface area (TPSA) is 131 Å². The van der Waals surface area contributed by atoms with Gasteiger partial charge in [0.1, 0.15) is 11.5 Å². The van der Waals surface area contributed by atoms with Crippen molar-refractivity contribution in [1.82, 2.24) is 9.88 Å². The van der Waals surface area contributed by atoms with E-state index in [2.05, 4.69) is 4.99 Å². The van der Waals surface area contributed by atoms with Crippen LogP contribution >= 0.6 is 11.8 Å². The Morgan fingerprint density at radius 2 is 1.82 bits per heavy atom. The van der Waals surface area contributed by atoms with Crippen LogP contribution in [-0.2, 0) is 9.53 Å². The number of ether oxygens (including phenoxy) is 2. The molecule has 3 heterocycles. The summed E-state index contributed by atoms with van der Waals surface area (Å²) in [4.78, 5) is 36.7. The van der Waals surface area contributed by atoms with E-state index in [0.717, 1.165) is 34.0 Å². The third kappa shape index (κ3) is 5.30. The number of nitrogens with two attached hydrogens (primary N) is 1. The van der Waals surface area contributed by atoms with E-state index in [0.29, 0.717) is 49.1 Å². The van der Waals surface area contributed by atoms with Crippen LogP contribution in [0.2, 0.25) is 0 Å². The average Bonchev–Trinajstić information content (AvgIpc) is 2.95. The fraction of sp³-hybridized carbons (Fsp3) is 0.276. The molecule has 0 saturated carbocycles. The highest BCUT2D eigenvalue weighted by atomic mass is 32.2. The molecule has 1 fully saturated rings. The van der Waals surface area contributed by atoms with Gasteiger partial charge in [-0.25, -0.2) is 0 Å². The summed E-state index contributed by atoms with van der Waals surface area (Å²) in [6, 6.07) is 16.8. The number of rotatable bonds is 5. The number of amides is 2. The number of hydrogen-bond acceptors (Lipinski definition) is 7. The van der Waals surface area contributed by atoms with Gasteiger partial charge >= 0.3 is 0 Å². The molecule has 0 bridgehead atoms. The van der Waals surface area contributed by atoms with Crippen molar-refractivity contribution in [2.45, 2.75) is 19.8 Å². The Labute approximate surface area is 230 Å². The highest BCUT2D eigenvalue weighted by molar-refractivity contribution is 8.24. The lowest BCUT2D eigenvalue weighted by atomic mass is 9.69. The minimum atomic E-state index is -0.980. The highest BCUT2D eigenvalue weighted by Gasteiger charge is 2.44. The lowest BCUT2D eigenvalue weighted by Crippen LogP contribution is -2.40. The standard InChI is InChI=1S/C29H29N5O4S/c1-29(2,27(36)33-28(31)39-17-30)25-20-5-3-4-6-23(20)38-24-15-22(32-16-21(24)25)18-7-9-19(10-8-18)26(35)34-11-13-37-14-12-34/h3-10,15-17,25,30H,11-14H2,1-2H3,(H2,31,33,36). The number of thioether (sulfide) groups is 1. The minimum Gasteiger partial charge on any atom is -0.457 e. The van der Waals surface area contributed by atoms with E-state index in [1.165, 1.54) is 0 Å². The zero-order valence-corrected chi connectivity index (χ0v) is 22.5. The van der Waals surface area contributed by atoms with Gasteiger partial charge in [0.25, 0.3) is 11.8 Å². The molecular formula is C29H29N5O4S. The van der Waals surface area contributed by atoms with Gasteiger partial charge in [-0.3, -0.25) is 14.6 Å². The van der Waals surface area contributed by atoms with Crippen LogP contribution in [0, 0.1) is 10.8 Å². The minimum absolute atomic E-state index is 0.0137. The quantitative estimate of drug-likeness (QED) is 0.353. The molecule has 0 radical (unpaired) electrons. The van der Waals surface area contributed by atoms with Gasteiger partial charge < -0.3 is 25.5 Å². The summed E-state index contributed by atoms with van der Waals surface area (Å²) >= 11 is 0.886. The normalized spacial score (nSPS) is 17.0. The summed E-state index contributed by atoms with van der Waals surface area (Å²) in [5, 5.41) is 7.23. The Balaban J connectivity index is 1.47. The second-order valence-corrected chi connectivity index (χ2v) is 10.8. The van der Waals surface area contributed by atoms with E-state index in [4.69, 9.17) is 25.6 Å². The highest BCUT2D eigenvalue weighted by Crippen LogP contribution is 2.52. The maximum absolute atomic E-state index is 13.3. The van der Waals surface area contributed by atoms with E-state index in [9.17, 15) is 9.59 Å². The molecule has 2 aromatic carbocycles. The van der Waals surface area contributed by atoms with Crippen LogP contribution in [0.1, 0.15) is 41.3 Å². The summed E-state index contributed by atoms with van der Waals surface area (Å²) in [5.74, 6) is 0.461. The Bertz CT molecular complexity index is 1450. The SMILES string of the molecule is CC(C)(C(=O)N=C(N)SC=N)C1c2ccccc2Oc2cc(-c3ccc(C(=O)N4CCOCC4)cc3)ncc21. The molecule has 3 aromatic rings. The van der Waals surface area contributed by atoms with Crippen molar-refractivity contribution in [3.8, 4) is 22.8 Å². The van der Waals surface area contributed by atoms with Crippen LogP contribution < -0.4 is 10.5 Å². The summed E-state index contributed by atoms with van der Waals surface area (Å²) in [5.41, 5.74) is 9.66. The van der Waals surface area contributed by atoms with E-state index in [1.54, 1.807) is 11.1 Å². The molecule has 3 N–H and O–H groups in total. The molecule has 0 spiro atoms. The van der Waals surface area contributed by atoms with Crippen molar-refractivity contribution in [2.24, 2.45) is 16.1 Å². The summed E-state index contributed by atoms with van der Waals surface area (Å²) in [7, 11) is 0. The first kappa shape index (κ1) is 26.6. The fourth-order valence-electron chi connectivity index (χ4n) is 4.97. The first-order valence-electron chi connectivity index (χ1n) is 12.6. The Kier molecular flexibility index (Phi) is 7.49. The zero-order valence-electron chi connectivity index (χ0n) is 21.7. The molecule has 2 aliphatic rings. The Morgan fingerprint density at radius 1 is 1.10 bits per heavy atom. The number of aromatic nitrogens is 1. The summed E-state index contributed by atoms with van der Waals surface area (Å²) in [6.45, 7) is 5.94. The third-order valence-electron chi connectivity index (χ3n) is 7.05. The number of pyridine rings is 1. The van der Waals surface area contributed by atoms with Crippen molar-refractivity contribution >= 4 is 34.3 Å². The molecule has 1 aromatic heterocycles. The molecule has 1 saturated heterocycles. The van der Waals surface area contributed by atoms with Gasteiger partial charge in [-0.1, -0.05) is 44.2 Å². The Hall–Kier alpha value is -4.02. The van der Waals surface area contributed by atoms with Gasteiger partial charge in [0, 0.05) is 53.5 Å². The number of benzene rings is 2. The van der Waals surface area contributed by atoms with Crippen molar-refractivity contribution in [3.05, 3.63) is 77.5 Å². The van der Waals surface area contributed by atoms with Gasteiger partial charge in [-0.15, -0.1) is 0 Å². The van der Waals surface area contributed by atoms with Crippen LogP contribution in [0.15, 0.2) is 65.8 Å². The number of aliphatic imine (C=N–C) groups is 1. The second kappa shape index (κ2) is 11.0. The summed E-state index contributed by atoms with van der Waals surface area (Å²) in [6.07, 6.45) is 1.74. The number of carbonyl (C=O) groups is 2. The second-order valence-electron chi connectivity index (χ2n) is 9.87. The number of morpholine rings is 1. The molecular weight excluding hydrogens is 514 g/mol. The molecule has 0 aliphatic carbocycles. The van der Waals surface area contributed by atoms with Crippen molar-refractivity contribution in [3.63, 3.8) is 0 Å². The van der Waals surface area contributed by atoms with Crippen molar-refractivity contribution < 1.29 is 19.1 Å². The number of nitrogens with one attached hydrogen (secondary N) is 1. The molecule has 200 valence electrons. The van der Waals surface area contributed by atoms with Crippen LogP contribution in [0.25, 0.3) is 11.3 Å². The van der Waals surface area contributed by atoms with Crippen molar-refractivity contribution in [2.75, 3.05) is 26.3 Å².